The van der Waals surface area contributed by atoms with E-state index in [1.165, 1.54) is 4.90 Å². The van der Waals surface area contributed by atoms with Crippen LogP contribution in [0.4, 0.5) is 14.5 Å². The summed E-state index contributed by atoms with van der Waals surface area (Å²) in [7, 11) is 0. The fourth-order valence-corrected chi connectivity index (χ4v) is 2.06. The number of rotatable bonds is 3. The Labute approximate surface area is 109 Å². The van der Waals surface area contributed by atoms with Gasteiger partial charge in [-0.1, -0.05) is 0 Å². The SMILES string of the molecule is N=C(N)c1cc(F)c(N2CCOC(CO)C2)c(F)c1. The fraction of sp³-hybridized carbons (Fsp3) is 0.417. The molecule has 0 amide bonds. The molecule has 19 heavy (non-hydrogen) atoms. The van der Waals surface area contributed by atoms with Gasteiger partial charge in [-0.05, 0) is 12.1 Å². The second-order valence-electron chi connectivity index (χ2n) is 4.32. The number of hydrogen-bond donors (Lipinski definition) is 3. The summed E-state index contributed by atoms with van der Waals surface area (Å²) in [4.78, 5) is 1.49. The summed E-state index contributed by atoms with van der Waals surface area (Å²) >= 11 is 0. The average Bonchev–Trinajstić information content (AvgIpc) is 2.38. The van der Waals surface area contributed by atoms with Crippen LogP contribution in [-0.2, 0) is 4.74 Å². The zero-order chi connectivity index (χ0) is 14.0. The van der Waals surface area contributed by atoms with Gasteiger partial charge in [-0.2, -0.15) is 0 Å². The van der Waals surface area contributed by atoms with Gasteiger partial charge in [-0.15, -0.1) is 0 Å². The molecule has 1 unspecified atom stereocenters. The number of nitrogens with two attached hydrogens (primary N) is 1. The molecular weight excluding hydrogens is 256 g/mol. The van der Waals surface area contributed by atoms with E-state index in [1.807, 2.05) is 0 Å². The second-order valence-corrected chi connectivity index (χ2v) is 4.32. The van der Waals surface area contributed by atoms with Crippen molar-refractivity contribution in [3.8, 4) is 0 Å². The number of hydrogen-bond acceptors (Lipinski definition) is 4. The van der Waals surface area contributed by atoms with Crippen LogP contribution in [0.15, 0.2) is 12.1 Å². The minimum atomic E-state index is -0.774. The van der Waals surface area contributed by atoms with Crippen molar-refractivity contribution in [2.75, 3.05) is 31.2 Å². The average molecular weight is 271 g/mol. The van der Waals surface area contributed by atoms with E-state index in [2.05, 4.69) is 0 Å². The van der Waals surface area contributed by atoms with E-state index < -0.39 is 17.7 Å². The molecule has 4 N–H and O–H groups in total. The molecule has 1 aliphatic rings. The lowest BCUT2D eigenvalue weighted by molar-refractivity contribution is 0.00323. The van der Waals surface area contributed by atoms with E-state index in [1.54, 1.807) is 0 Å². The molecule has 0 spiro atoms. The van der Waals surface area contributed by atoms with Crippen molar-refractivity contribution >= 4 is 11.5 Å². The van der Waals surface area contributed by atoms with Gasteiger partial charge in [-0.25, -0.2) is 8.78 Å². The van der Waals surface area contributed by atoms with E-state index in [9.17, 15) is 8.78 Å². The van der Waals surface area contributed by atoms with E-state index in [0.717, 1.165) is 12.1 Å². The Hall–Kier alpha value is -1.73. The van der Waals surface area contributed by atoms with Crippen molar-refractivity contribution in [3.05, 3.63) is 29.3 Å². The van der Waals surface area contributed by atoms with Crippen molar-refractivity contribution in [1.82, 2.24) is 0 Å². The number of ether oxygens (including phenoxy) is 1. The molecule has 0 saturated carbocycles. The van der Waals surface area contributed by atoms with E-state index in [4.69, 9.17) is 21.0 Å². The Kier molecular flexibility index (Phi) is 3.96. The van der Waals surface area contributed by atoms with Gasteiger partial charge >= 0.3 is 0 Å². The van der Waals surface area contributed by atoms with Gasteiger partial charge in [0.1, 0.15) is 23.2 Å². The number of anilines is 1. The highest BCUT2D eigenvalue weighted by atomic mass is 19.1. The molecule has 1 aliphatic heterocycles. The molecule has 5 nitrogen and oxygen atoms in total. The van der Waals surface area contributed by atoms with Crippen molar-refractivity contribution in [3.63, 3.8) is 0 Å². The lowest BCUT2D eigenvalue weighted by Gasteiger charge is -2.34. The highest BCUT2D eigenvalue weighted by Crippen LogP contribution is 2.26. The van der Waals surface area contributed by atoms with Crippen molar-refractivity contribution in [2.24, 2.45) is 5.73 Å². The third-order valence-electron chi connectivity index (χ3n) is 2.99. The van der Waals surface area contributed by atoms with Gasteiger partial charge in [0.15, 0.2) is 0 Å². The number of nitrogens with zero attached hydrogens (tertiary/aromatic N) is 1. The minimum Gasteiger partial charge on any atom is -0.394 e. The Morgan fingerprint density at radius 2 is 2.11 bits per heavy atom. The first-order valence-corrected chi connectivity index (χ1v) is 5.83. The van der Waals surface area contributed by atoms with Crippen LogP contribution in [0.5, 0.6) is 0 Å². The van der Waals surface area contributed by atoms with Gasteiger partial charge in [-0.3, -0.25) is 5.41 Å². The number of aliphatic hydroxyl groups excluding tert-OH is 1. The number of aliphatic hydroxyl groups is 1. The van der Waals surface area contributed by atoms with Crippen LogP contribution < -0.4 is 10.6 Å². The maximum Gasteiger partial charge on any atom is 0.150 e. The topological polar surface area (TPSA) is 82.6 Å². The van der Waals surface area contributed by atoms with Crippen molar-refractivity contribution in [2.45, 2.75) is 6.10 Å². The predicted octanol–water partition coefficient (Wildman–Crippen LogP) is 0.446. The van der Waals surface area contributed by atoms with Crippen LogP contribution in [0.25, 0.3) is 0 Å². The second kappa shape index (κ2) is 5.50. The summed E-state index contributed by atoms with van der Waals surface area (Å²) in [5, 5.41) is 16.2. The quantitative estimate of drug-likeness (QED) is 0.550. The van der Waals surface area contributed by atoms with Gasteiger partial charge < -0.3 is 20.5 Å². The molecule has 1 heterocycles. The molecule has 1 fully saturated rings. The zero-order valence-corrected chi connectivity index (χ0v) is 10.2. The van der Waals surface area contributed by atoms with Gasteiger partial charge in [0.25, 0.3) is 0 Å². The third kappa shape index (κ3) is 2.82. The summed E-state index contributed by atoms with van der Waals surface area (Å²) in [6, 6.07) is 2.06. The monoisotopic (exact) mass is 271 g/mol. The Morgan fingerprint density at radius 1 is 1.47 bits per heavy atom. The molecule has 2 rings (SSSR count). The first-order valence-electron chi connectivity index (χ1n) is 5.83. The summed E-state index contributed by atoms with van der Waals surface area (Å²) in [6.07, 6.45) is -0.458. The zero-order valence-electron chi connectivity index (χ0n) is 10.2. The lowest BCUT2D eigenvalue weighted by atomic mass is 10.1. The molecular formula is C12H15F2N3O2. The van der Waals surface area contributed by atoms with E-state index >= 15 is 0 Å². The molecule has 0 bridgehead atoms. The van der Waals surface area contributed by atoms with Crippen LogP contribution in [-0.4, -0.2) is 43.3 Å². The molecule has 1 atom stereocenters. The highest BCUT2D eigenvalue weighted by Gasteiger charge is 2.25. The fourth-order valence-electron chi connectivity index (χ4n) is 2.06. The molecule has 0 aromatic heterocycles. The molecule has 7 heteroatoms. The standard InChI is InChI=1S/C12H15F2N3O2/c13-9-3-7(12(15)16)4-10(14)11(9)17-1-2-19-8(5-17)6-18/h3-4,8,18H,1-2,5-6H2,(H3,15,16). The van der Waals surface area contributed by atoms with Crippen LogP contribution in [0.1, 0.15) is 5.56 Å². The molecule has 104 valence electrons. The summed E-state index contributed by atoms with van der Waals surface area (Å²) in [6.45, 7) is 0.636. The summed E-state index contributed by atoms with van der Waals surface area (Å²) < 4.78 is 33.1. The largest absolute Gasteiger partial charge is 0.394 e. The third-order valence-corrected chi connectivity index (χ3v) is 2.99. The van der Waals surface area contributed by atoms with Crippen LogP contribution >= 0.6 is 0 Å². The smallest absolute Gasteiger partial charge is 0.150 e. The molecule has 1 aromatic carbocycles. The van der Waals surface area contributed by atoms with Crippen molar-refractivity contribution < 1.29 is 18.6 Å². The number of amidine groups is 1. The van der Waals surface area contributed by atoms with Crippen LogP contribution in [0.3, 0.4) is 0 Å². The molecule has 1 saturated heterocycles. The summed E-state index contributed by atoms with van der Waals surface area (Å²) in [5.74, 6) is -1.94. The highest BCUT2D eigenvalue weighted by molar-refractivity contribution is 5.95. The van der Waals surface area contributed by atoms with Crippen LogP contribution in [0.2, 0.25) is 0 Å². The van der Waals surface area contributed by atoms with Gasteiger partial charge in [0.2, 0.25) is 0 Å². The summed E-state index contributed by atoms with van der Waals surface area (Å²) in [5.41, 5.74) is 5.04. The van der Waals surface area contributed by atoms with E-state index in [-0.39, 0.29) is 30.2 Å². The van der Waals surface area contributed by atoms with E-state index in [0.29, 0.717) is 13.2 Å². The van der Waals surface area contributed by atoms with Gasteiger partial charge in [0.05, 0.1) is 19.3 Å². The van der Waals surface area contributed by atoms with Crippen LogP contribution in [0, 0.1) is 17.0 Å². The minimum absolute atomic E-state index is 0.00529. The number of benzene rings is 1. The first-order chi connectivity index (χ1) is 9.02. The molecule has 0 radical (unpaired) electrons. The normalized spacial score (nSPS) is 19.5. The lowest BCUT2D eigenvalue weighted by Crippen LogP contribution is -2.44. The number of nitrogen functional groups attached to an aromatic ring is 1. The van der Waals surface area contributed by atoms with Gasteiger partial charge in [0, 0.05) is 18.7 Å². The Balaban J connectivity index is 2.31. The number of nitrogens with one attached hydrogen (secondary N) is 1. The maximum absolute atomic E-state index is 13.9. The number of morpholine rings is 1. The number of halogens is 2. The predicted molar refractivity (Wildman–Crippen MR) is 66.4 cm³/mol. The maximum atomic E-state index is 13.9. The Bertz CT molecular complexity index is 473. The molecule has 0 aliphatic carbocycles. The Morgan fingerprint density at radius 3 is 2.63 bits per heavy atom. The van der Waals surface area contributed by atoms with Crippen molar-refractivity contribution in [1.29, 1.82) is 5.41 Å². The molecule has 1 aromatic rings. The first kappa shape index (κ1) is 13.7.